The van der Waals surface area contributed by atoms with Gasteiger partial charge in [0.05, 0.1) is 16.4 Å². The SMILES string of the molecule is CN(CC(=O)NC1CCCNC1)S(=O)(=O)c1cccc([N+](=O)[O-])c1.Cl. The number of rotatable bonds is 6. The second-order valence-electron chi connectivity index (χ2n) is 5.63. The Bertz CT molecular complexity index is 722. The molecule has 0 aromatic heterocycles. The number of piperidine rings is 1. The predicted octanol–water partition coefficient (Wildman–Crippen LogP) is 0.505. The molecule has 1 amide bonds. The van der Waals surface area contributed by atoms with E-state index < -0.39 is 20.9 Å². The van der Waals surface area contributed by atoms with Crippen LogP contribution in [0.3, 0.4) is 0 Å². The number of carbonyl (C=O) groups excluding carboxylic acids is 1. The number of benzene rings is 1. The second-order valence-corrected chi connectivity index (χ2v) is 7.67. The average Bonchev–Trinajstić information content (AvgIpc) is 2.55. The van der Waals surface area contributed by atoms with Crippen molar-refractivity contribution in [3.63, 3.8) is 0 Å². The van der Waals surface area contributed by atoms with Gasteiger partial charge in [0.1, 0.15) is 0 Å². The number of nitrogens with one attached hydrogen (secondary N) is 2. The molecular formula is C14H21ClN4O5S. The Morgan fingerprint density at radius 3 is 2.80 bits per heavy atom. The van der Waals surface area contributed by atoms with Crippen molar-refractivity contribution in [3.8, 4) is 0 Å². The molecule has 1 unspecified atom stereocenters. The van der Waals surface area contributed by atoms with Gasteiger partial charge in [0.15, 0.2) is 0 Å². The molecule has 1 saturated heterocycles. The van der Waals surface area contributed by atoms with Crippen LogP contribution in [0.4, 0.5) is 5.69 Å². The number of amides is 1. The summed E-state index contributed by atoms with van der Waals surface area (Å²) in [5.41, 5.74) is -0.317. The Morgan fingerprint density at radius 2 is 2.20 bits per heavy atom. The summed E-state index contributed by atoms with van der Waals surface area (Å²) < 4.78 is 25.8. The quantitative estimate of drug-likeness (QED) is 0.537. The molecular weight excluding hydrogens is 372 g/mol. The zero-order chi connectivity index (χ0) is 17.7. The maximum Gasteiger partial charge on any atom is 0.270 e. The number of nitrogens with zero attached hydrogens (tertiary/aromatic N) is 2. The Kier molecular flexibility index (Phi) is 7.74. The summed E-state index contributed by atoms with van der Waals surface area (Å²) in [7, 11) is -2.71. The molecule has 11 heteroatoms. The van der Waals surface area contributed by atoms with E-state index in [4.69, 9.17) is 0 Å². The fraction of sp³-hybridized carbons (Fsp3) is 0.500. The summed E-state index contributed by atoms with van der Waals surface area (Å²) in [6, 6.07) is 4.74. The molecule has 1 heterocycles. The highest BCUT2D eigenvalue weighted by Gasteiger charge is 2.25. The van der Waals surface area contributed by atoms with E-state index in [1.54, 1.807) is 0 Å². The molecule has 1 fully saturated rings. The van der Waals surface area contributed by atoms with E-state index in [2.05, 4.69) is 10.6 Å². The van der Waals surface area contributed by atoms with Gasteiger partial charge in [-0.1, -0.05) is 6.07 Å². The van der Waals surface area contributed by atoms with Gasteiger partial charge in [-0.25, -0.2) is 8.42 Å². The summed E-state index contributed by atoms with van der Waals surface area (Å²) in [4.78, 5) is 21.9. The molecule has 0 bridgehead atoms. The molecule has 1 atom stereocenters. The molecule has 2 N–H and O–H groups in total. The van der Waals surface area contributed by atoms with E-state index in [1.165, 1.54) is 25.2 Å². The van der Waals surface area contributed by atoms with E-state index in [1.807, 2.05) is 0 Å². The Balaban J connectivity index is 0.00000312. The minimum atomic E-state index is -3.98. The number of carbonyl (C=O) groups is 1. The van der Waals surface area contributed by atoms with E-state index in [0.29, 0.717) is 6.54 Å². The number of halogens is 1. The van der Waals surface area contributed by atoms with Crippen LogP contribution in [0.1, 0.15) is 12.8 Å². The van der Waals surface area contributed by atoms with Crippen molar-refractivity contribution in [2.24, 2.45) is 0 Å². The third-order valence-electron chi connectivity index (χ3n) is 3.76. The largest absolute Gasteiger partial charge is 0.351 e. The van der Waals surface area contributed by atoms with Crippen LogP contribution in [-0.2, 0) is 14.8 Å². The zero-order valence-corrected chi connectivity index (χ0v) is 15.3. The van der Waals surface area contributed by atoms with Gasteiger partial charge in [-0.15, -0.1) is 12.4 Å². The van der Waals surface area contributed by atoms with E-state index in [9.17, 15) is 23.3 Å². The van der Waals surface area contributed by atoms with Crippen LogP contribution in [0, 0.1) is 10.1 Å². The van der Waals surface area contributed by atoms with Crippen LogP contribution in [0.2, 0.25) is 0 Å². The third-order valence-corrected chi connectivity index (χ3v) is 5.56. The van der Waals surface area contributed by atoms with Crippen molar-refractivity contribution in [1.29, 1.82) is 0 Å². The lowest BCUT2D eigenvalue weighted by Gasteiger charge is -2.25. The molecule has 9 nitrogen and oxygen atoms in total. The molecule has 0 saturated carbocycles. The van der Waals surface area contributed by atoms with Crippen molar-refractivity contribution >= 4 is 34.0 Å². The average molecular weight is 393 g/mol. The van der Waals surface area contributed by atoms with Crippen molar-refractivity contribution in [3.05, 3.63) is 34.4 Å². The molecule has 0 radical (unpaired) electrons. The van der Waals surface area contributed by atoms with E-state index in [-0.39, 0.29) is 35.6 Å². The van der Waals surface area contributed by atoms with Crippen LogP contribution in [-0.4, -0.2) is 56.3 Å². The Morgan fingerprint density at radius 1 is 1.48 bits per heavy atom. The molecule has 1 aromatic rings. The number of nitro groups is 1. The Hall–Kier alpha value is -1.75. The monoisotopic (exact) mass is 392 g/mol. The first-order valence-corrected chi connectivity index (χ1v) is 8.95. The fourth-order valence-electron chi connectivity index (χ4n) is 2.47. The van der Waals surface area contributed by atoms with Gasteiger partial charge in [0.2, 0.25) is 15.9 Å². The first-order valence-electron chi connectivity index (χ1n) is 7.51. The van der Waals surface area contributed by atoms with Crippen LogP contribution in [0.15, 0.2) is 29.2 Å². The molecule has 1 aliphatic rings. The number of hydrogen-bond acceptors (Lipinski definition) is 6. The van der Waals surface area contributed by atoms with Crippen molar-refractivity contribution < 1.29 is 18.1 Å². The topological polar surface area (TPSA) is 122 Å². The van der Waals surface area contributed by atoms with Gasteiger partial charge < -0.3 is 10.6 Å². The van der Waals surface area contributed by atoms with Crippen LogP contribution in [0.5, 0.6) is 0 Å². The number of nitro benzene ring substituents is 1. The van der Waals surface area contributed by atoms with Gasteiger partial charge in [0.25, 0.3) is 5.69 Å². The molecule has 2 rings (SSSR count). The van der Waals surface area contributed by atoms with Gasteiger partial charge >= 0.3 is 0 Å². The van der Waals surface area contributed by atoms with Crippen LogP contribution in [0.25, 0.3) is 0 Å². The number of non-ortho nitro benzene ring substituents is 1. The highest BCUT2D eigenvalue weighted by atomic mass is 35.5. The summed E-state index contributed by atoms with van der Waals surface area (Å²) in [6.45, 7) is 1.22. The van der Waals surface area contributed by atoms with Gasteiger partial charge in [-0.3, -0.25) is 14.9 Å². The smallest absolute Gasteiger partial charge is 0.270 e. The first-order chi connectivity index (χ1) is 11.3. The lowest BCUT2D eigenvalue weighted by atomic mass is 10.1. The van der Waals surface area contributed by atoms with Gasteiger partial charge in [-0.2, -0.15) is 4.31 Å². The predicted molar refractivity (Wildman–Crippen MR) is 94.2 cm³/mol. The summed E-state index contributed by atoms with van der Waals surface area (Å²) in [6.07, 6.45) is 1.80. The fourth-order valence-corrected chi connectivity index (χ4v) is 3.64. The third kappa shape index (κ3) is 5.63. The van der Waals surface area contributed by atoms with Crippen molar-refractivity contribution in [2.75, 3.05) is 26.7 Å². The van der Waals surface area contributed by atoms with Crippen LogP contribution >= 0.6 is 12.4 Å². The standard InChI is InChI=1S/C14H20N4O5S.ClH/c1-17(10-14(19)16-11-4-3-7-15-9-11)24(22,23)13-6-2-5-12(8-13)18(20)21;/h2,5-6,8,11,15H,3-4,7,9-10H2,1H3,(H,16,19);1H. The first kappa shape index (κ1) is 21.3. The highest BCUT2D eigenvalue weighted by Crippen LogP contribution is 2.20. The summed E-state index contributed by atoms with van der Waals surface area (Å²) >= 11 is 0. The number of hydrogen-bond donors (Lipinski definition) is 2. The molecule has 140 valence electrons. The van der Waals surface area contributed by atoms with E-state index in [0.717, 1.165) is 29.8 Å². The van der Waals surface area contributed by atoms with E-state index >= 15 is 0 Å². The zero-order valence-electron chi connectivity index (χ0n) is 13.7. The normalized spacial score (nSPS) is 17.6. The van der Waals surface area contributed by atoms with Crippen LogP contribution < -0.4 is 10.6 Å². The van der Waals surface area contributed by atoms with Crippen molar-refractivity contribution in [2.45, 2.75) is 23.8 Å². The summed E-state index contributed by atoms with van der Waals surface area (Å²) in [5.74, 6) is -0.403. The summed E-state index contributed by atoms with van der Waals surface area (Å²) in [5, 5.41) is 16.7. The molecule has 0 spiro atoms. The minimum Gasteiger partial charge on any atom is -0.351 e. The second kappa shape index (κ2) is 9.09. The van der Waals surface area contributed by atoms with Gasteiger partial charge in [0, 0.05) is 31.8 Å². The molecule has 1 aliphatic heterocycles. The number of sulfonamides is 1. The Labute approximate surface area is 152 Å². The maximum absolute atomic E-state index is 12.4. The van der Waals surface area contributed by atoms with Gasteiger partial charge in [-0.05, 0) is 25.5 Å². The number of likely N-dealkylation sites (N-methyl/N-ethyl adjacent to an activating group) is 1. The lowest BCUT2D eigenvalue weighted by molar-refractivity contribution is -0.385. The van der Waals surface area contributed by atoms with Crippen molar-refractivity contribution in [1.82, 2.24) is 14.9 Å². The minimum absolute atomic E-state index is 0. The molecule has 25 heavy (non-hydrogen) atoms. The lowest BCUT2D eigenvalue weighted by Crippen LogP contribution is -2.48. The highest BCUT2D eigenvalue weighted by molar-refractivity contribution is 7.89. The molecule has 0 aliphatic carbocycles. The molecule has 1 aromatic carbocycles. The maximum atomic E-state index is 12.4.